The number of aliphatic hydroxyl groups excluding tert-OH is 1. The molecule has 1 aromatic carbocycles. The van der Waals surface area contributed by atoms with Crippen LogP contribution in [0.15, 0.2) is 24.3 Å². The van der Waals surface area contributed by atoms with Crippen LogP contribution in [0, 0.1) is 5.92 Å². The average molecular weight is 344 g/mol. The van der Waals surface area contributed by atoms with Gasteiger partial charge in [0.25, 0.3) is 0 Å². The first-order chi connectivity index (χ1) is 11.3. The van der Waals surface area contributed by atoms with E-state index in [1.165, 1.54) is 18.2 Å². The normalized spacial score (nSPS) is 20.0. The Morgan fingerprint density at radius 1 is 1.33 bits per heavy atom. The number of halogens is 3. The van der Waals surface area contributed by atoms with Gasteiger partial charge in [-0.1, -0.05) is 24.6 Å². The summed E-state index contributed by atoms with van der Waals surface area (Å²) < 4.78 is 38.1. The monoisotopic (exact) mass is 344 g/mol. The molecule has 0 unspecified atom stereocenters. The van der Waals surface area contributed by atoms with Crippen LogP contribution in [-0.4, -0.2) is 29.6 Å². The first-order valence-corrected chi connectivity index (χ1v) is 7.70. The number of nitrogens with one attached hydrogen (secondary N) is 2. The van der Waals surface area contributed by atoms with Crippen molar-refractivity contribution in [1.82, 2.24) is 5.32 Å². The van der Waals surface area contributed by atoms with Crippen LogP contribution in [0.25, 0.3) is 0 Å². The Kier molecular flexibility index (Phi) is 5.82. The number of carbonyl (C=O) groups excluding carboxylic acids is 2. The van der Waals surface area contributed by atoms with Crippen molar-refractivity contribution in [3.05, 3.63) is 29.8 Å². The Morgan fingerprint density at radius 3 is 2.75 bits per heavy atom. The van der Waals surface area contributed by atoms with Gasteiger partial charge in [0.2, 0.25) is 11.8 Å². The van der Waals surface area contributed by atoms with Crippen molar-refractivity contribution in [3.63, 3.8) is 0 Å². The molecule has 1 aromatic rings. The molecule has 0 bridgehead atoms. The van der Waals surface area contributed by atoms with Crippen LogP contribution in [0.1, 0.15) is 37.4 Å². The van der Waals surface area contributed by atoms with Crippen molar-refractivity contribution in [3.8, 4) is 0 Å². The first-order valence-electron chi connectivity index (χ1n) is 7.70. The summed E-state index contributed by atoms with van der Waals surface area (Å²) in [6.45, 7) is 0.567. The molecule has 8 heteroatoms. The second-order valence-electron chi connectivity index (χ2n) is 5.77. The fourth-order valence-electron chi connectivity index (χ4n) is 2.65. The van der Waals surface area contributed by atoms with E-state index >= 15 is 0 Å². The highest BCUT2D eigenvalue weighted by Crippen LogP contribution is 2.36. The zero-order valence-corrected chi connectivity index (χ0v) is 12.9. The maximum atomic E-state index is 12.7. The Morgan fingerprint density at radius 2 is 2.04 bits per heavy atom. The summed E-state index contributed by atoms with van der Waals surface area (Å²) in [5.41, 5.74) is -0.537. The van der Waals surface area contributed by atoms with Gasteiger partial charge < -0.3 is 15.7 Å². The summed E-state index contributed by atoms with van der Waals surface area (Å²) in [4.78, 5) is 23.9. The van der Waals surface area contributed by atoms with Crippen molar-refractivity contribution in [2.45, 2.75) is 38.0 Å². The van der Waals surface area contributed by atoms with Gasteiger partial charge in [0.15, 0.2) is 6.10 Å². The molecule has 0 radical (unpaired) electrons. The van der Waals surface area contributed by atoms with Crippen LogP contribution in [0.2, 0.25) is 0 Å². The lowest BCUT2D eigenvalue weighted by Gasteiger charge is -2.19. The maximum Gasteiger partial charge on any atom is 0.418 e. The predicted octanol–water partition coefficient (Wildman–Crippen LogP) is 2.53. The number of alkyl halides is 3. The lowest BCUT2D eigenvalue weighted by molar-refractivity contribution is -0.206. The van der Waals surface area contributed by atoms with Gasteiger partial charge in [-0.25, -0.2) is 0 Å². The predicted molar refractivity (Wildman–Crippen MR) is 81.1 cm³/mol. The molecule has 1 saturated heterocycles. The fraction of sp³-hybridized carbons (Fsp3) is 0.500. The molecular formula is C16H19F3N2O3. The molecule has 5 nitrogen and oxygen atoms in total. The lowest BCUT2D eigenvalue weighted by atomic mass is 9.98. The lowest BCUT2D eigenvalue weighted by Crippen LogP contribution is -2.31. The maximum absolute atomic E-state index is 12.7. The number of hydrogen-bond donors (Lipinski definition) is 3. The minimum Gasteiger partial charge on any atom is -0.379 e. The zero-order valence-electron chi connectivity index (χ0n) is 12.9. The molecule has 2 amide bonds. The van der Waals surface area contributed by atoms with E-state index in [2.05, 4.69) is 10.6 Å². The van der Waals surface area contributed by atoms with E-state index in [-0.39, 0.29) is 18.0 Å². The summed E-state index contributed by atoms with van der Waals surface area (Å²) in [6, 6.07) is 5.20. The van der Waals surface area contributed by atoms with Gasteiger partial charge in [-0.05, 0) is 18.9 Å². The average Bonchev–Trinajstić information content (AvgIpc) is 2.71. The van der Waals surface area contributed by atoms with Gasteiger partial charge >= 0.3 is 6.18 Å². The van der Waals surface area contributed by atoms with E-state index in [9.17, 15) is 27.9 Å². The van der Waals surface area contributed by atoms with Gasteiger partial charge in [0.05, 0.1) is 0 Å². The summed E-state index contributed by atoms with van der Waals surface area (Å²) in [6.07, 6.45) is -5.42. The van der Waals surface area contributed by atoms with Crippen molar-refractivity contribution in [2.75, 3.05) is 11.9 Å². The number of anilines is 1. The number of hydrogen-bond acceptors (Lipinski definition) is 3. The molecule has 132 valence electrons. The third-order valence-corrected chi connectivity index (χ3v) is 3.92. The van der Waals surface area contributed by atoms with Gasteiger partial charge in [-0.15, -0.1) is 0 Å². The van der Waals surface area contributed by atoms with E-state index < -0.39 is 29.7 Å². The molecule has 24 heavy (non-hydrogen) atoms. The number of aliphatic hydroxyl groups is 1. The molecule has 0 aliphatic carbocycles. The van der Waals surface area contributed by atoms with E-state index in [0.717, 1.165) is 18.9 Å². The number of para-hydroxylation sites is 1. The standard InChI is InChI=1S/C16H19F3N2O3/c17-16(18,19)14(23)11-6-1-2-7-12(11)21-13(22)9-10-5-3-4-8-20-15(10)24/h1-2,6-7,10,14,23H,3-5,8-9H2,(H,20,24)(H,21,22)/t10-,14-/m0/s1. The molecule has 1 aliphatic heterocycles. The van der Waals surface area contributed by atoms with Crippen LogP contribution >= 0.6 is 0 Å². The van der Waals surface area contributed by atoms with Crippen LogP contribution in [0.5, 0.6) is 0 Å². The van der Waals surface area contributed by atoms with E-state index in [1.54, 1.807) is 0 Å². The highest BCUT2D eigenvalue weighted by atomic mass is 19.4. The number of benzene rings is 1. The molecule has 2 atom stereocenters. The van der Waals surface area contributed by atoms with Gasteiger partial charge in [0, 0.05) is 30.1 Å². The van der Waals surface area contributed by atoms with Gasteiger partial charge in [-0.2, -0.15) is 13.2 Å². The number of amides is 2. The number of carbonyl (C=O) groups is 2. The smallest absolute Gasteiger partial charge is 0.379 e. The minimum atomic E-state index is -4.83. The Hall–Kier alpha value is -2.09. The summed E-state index contributed by atoms with van der Waals surface area (Å²) in [7, 11) is 0. The molecular weight excluding hydrogens is 325 g/mol. The Labute approximate surface area is 137 Å². The molecule has 1 fully saturated rings. The van der Waals surface area contributed by atoms with Crippen LogP contribution in [0.3, 0.4) is 0 Å². The van der Waals surface area contributed by atoms with Crippen LogP contribution in [0.4, 0.5) is 18.9 Å². The van der Waals surface area contributed by atoms with E-state index in [4.69, 9.17) is 0 Å². The third-order valence-electron chi connectivity index (χ3n) is 3.92. The van der Waals surface area contributed by atoms with Crippen molar-refractivity contribution >= 4 is 17.5 Å². The van der Waals surface area contributed by atoms with Crippen LogP contribution in [-0.2, 0) is 9.59 Å². The molecule has 1 heterocycles. The largest absolute Gasteiger partial charge is 0.418 e. The van der Waals surface area contributed by atoms with E-state index in [0.29, 0.717) is 13.0 Å². The van der Waals surface area contributed by atoms with Crippen molar-refractivity contribution in [1.29, 1.82) is 0 Å². The third kappa shape index (κ3) is 4.70. The highest BCUT2D eigenvalue weighted by Gasteiger charge is 2.40. The SMILES string of the molecule is O=C(C[C@@H]1CCCCNC1=O)Nc1ccccc1[C@H](O)C(F)(F)F. The van der Waals surface area contributed by atoms with Gasteiger partial charge in [0.1, 0.15) is 0 Å². The Balaban J connectivity index is 2.08. The number of rotatable bonds is 4. The molecule has 2 rings (SSSR count). The fourth-order valence-corrected chi connectivity index (χ4v) is 2.65. The minimum absolute atomic E-state index is 0.109. The zero-order chi connectivity index (χ0) is 17.7. The van der Waals surface area contributed by atoms with Crippen LogP contribution < -0.4 is 10.6 Å². The molecule has 1 aliphatic rings. The molecule has 3 N–H and O–H groups in total. The molecule has 0 saturated carbocycles. The summed E-state index contributed by atoms with van der Waals surface area (Å²) in [5.74, 6) is -1.27. The highest BCUT2D eigenvalue weighted by molar-refractivity contribution is 5.94. The van der Waals surface area contributed by atoms with Crippen molar-refractivity contribution in [2.24, 2.45) is 5.92 Å². The summed E-state index contributed by atoms with van der Waals surface area (Å²) in [5, 5.41) is 14.5. The van der Waals surface area contributed by atoms with Gasteiger partial charge in [-0.3, -0.25) is 9.59 Å². The Bertz CT molecular complexity index is 604. The molecule has 0 aromatic heterocycles. The first kappa shape index (κ1) is 18.3. The second kappa shape index (κ2) is 7.65. The molecule has 0 spiro atoms. The topological polar surface area (TPSA) is 78.4 Å². The van der Waals surface area contributed by atoms with Crippen molar-refractivity contribution < 1.29 is 27.9 Å². The van der Waals surface area contributed by atoms with E-state index in [1.807, 2.05) is 0 Å². The summed E-state index contributed by atoms with van der Waals surface area (Å²) >= 11 is 0. The second-order valence-corrected chi connectivity index (χ2v) is 5.77. The quantitative estimate of drug-likeness (QED) is 0.785.